The summed E-state index contributed by atoms with van der Waals surface area (Å²) in [5, 5.41) is -0.123. The topological polar surface area (TPSA) is 20.3 Å². The van der Waals surface area contributed by atoms with Crippen LogP contribution in [0.15, 0.2) is 0 Å². The molecule has 0 radical (unpaired) electrons. The van der Waals surface area contributed by atoms with Crippen LogP contribution in [0.25, 0.3) is 0 Å². The summed E-state index contributed by atoms with van der Waals surface area (Å²) in [6.45, 7) is 1.53. The fraction of sp³-hybridized carbons (Fsp3) is 0.875. The first-order valence-corrected chi connectivity index (χ1v) is 5.56. The molecule has 1 saturated heterocycles. The molecule has 2 nitrogen and oxygen atoms in total. The summed E-state index contributed by atoms with van der Waals surface area (Å²) in [6.07, 6.45) is -5.82. The van der Waals surface area contributed by atoms with Crippen molar-refractivity contribution in [2.24, 2.45) is 0 Å². The quantitative estimate of drug-likeness (QED) is 0.676. The molecule has 1 unspecified atom stereocenters. The van der Waals surface area contributed by atoms with Crippen LogP contribution in [0.4, 0.5) is 22.0 Å². The Bertz CT molecular complexity index is 280. The smallest absolute Gasteiger partial charge is 0.335 e. The normalized spacial score (nSPS) is 23.4. The first-order chi connectivity index (χ1) is 7.16. The van der Waals surface area contributed by atoms with Gasteiger partial charge in [-0.3, -0.25) is 4.79 Å². The number of hydrogen-bond acceptors (Lipinski definition) is 2. The number of alkyl halides is 5. The molecule has 0 aromatic rings. The van der Waals surface area contributed by atoms with Crippen molar-refractivity contribution >= 4 is 17.7 Å². The lowest BCUT2D eigenvalue weighted by molar-refractivity contribution is -0.274. The minimum atomic E-state index is -5.82. The second-order valence-electron chi connectivity index (χ2n) is 3.50. The highest BCUT2D eigenvalue weighted by molar-refractivity contribution is 7.99. The lowest BCUT2D eigenvalue weighted by Crippen LogP contribution is -2.54. The third-order valence-electron chi connectivity index (χ3n) is 2.15. The lowest BCUT2D eigenvalue weighted by Gasteiger charge is -2.33. The molecule has 1 heterocycles. The third-order valence-corrected chi connectivity index (χ3v) is 3.29. The number of hydrogen-bond donors (Lipinski definition) is 0. The van der Waals surface area contributed by atoms with Gasteiger partial charge in [-0.15, -0.1) is 0 Å². The van der Waals surface area contributed by atoms with E-state index in [0.717, 1.165) is 0 Å². The molecule has 0 aliphatic carbocycles. The van der Waals surface area contributed by atoms with E-state index in [0.29, 0.717) is 10.7 Å². The number of halogens is 5. The van der Waals surface area contributed by atoms with E-state index < -0.39 is 18.0 Å². The molecule has 16 heavy (non-hydrogen) atoms. The Morgan fingerprint density at radius 2 is 1.88 bits per heavy atom. The van der Waals surface area contributed by atoms with Gasteiger partial charge in [0.1, 0.15) is 0 Å². The molecule has 1 rings (SSSR count). The van der Waals surface area contributed by atoms with E-state index in [4.69, 9.17) is 0 Å². The monoisotopic (exact) mass is 263 g/mol. The van der Waals surface area contributed by atoms with Crippen molar-refractivity contribution in [3.63, 3.8) is 0 Å². The van der Waals surface area contributed by atoms with Crippen molar-refractivity contribution in [2.75, 3.05) is 18.8 Å². The maximum Gasteiger partial charge on any atom is 0.463 e. The van der Waals surface area contributed by atoms with Crippen LogP contribution in [0.5, 0.6) is 0 Å². The number of thioether (sulfide) groups is 1. The molecular formula is C8H10F5NOS. The van der Waals surface area contributed by atoms with Crippen molar-refractivity contribution < 1.29 is 26.7 Å². The highest BCUT2D eigenvalue weighted by Crippen LogP contribution is 2.37. The van der Waals surface area contributed by atoms with Gasteiger partial charge >= 0.3 is 18.0 Å². The Labute approximate surface area is 93.2 Å². The molecule has 1 aliphatic heterocycles. The average Bonchev–Trinajstić information content (AvgIpc) is 2.14. The summed E-state index contributed by atoms with van der Waals surface area (Å²) >= 11 is 1.44. The molecule has 8 heteroatoms. The van der Waals surface area contributed by atoms with E-state index in [-0.39, 0.29) is 18.3 Å². The predicted octanol–water partition coefficient (Wildman–Crippen LogP) is 2.15. The van der Waals surface area contributed by atoms with Crippen LogP contribution < -0.4 is 0 Å². The molecule has 0 aromatic carbocycles. The van der Waals surface area contributed by atoms with Gasteiger partial charge in [-0.2, -0.15) is 33.7 Å². The van der Waals surface area contributed by atoms with Crippen LogP contribution in [-0.2, 0) is 4.79 Å². The van der Waals surface area contributed by atoms with Gasteiger partial charge in [0, 0.05) is 24.1 Å². The van der Waals surface area contributed by atoms with E-state index in [1.165, 1.54) is 11.8 Å². The molecule has 0 saturated carbocycles. The zero-order chi connectivity index (χ0) is 12.6. The average molecular weight is 263 g/mol. The van der Waals surface area contributed by atoms with Crippen molar-refractivity contribution in [2.45, 2.75) is 24.3 Å². The summed E-state index contributed by atoms with van der Waals surface area (Å²) in [5.41, 5.74) is 0. The first kappa shape index (κ1) is 13.5. The molecule has 0 spiro atoms. The van der Waals surface area contributed by atoms with Gasteiger partial charge in [0.15, 0.2) is 0 Å². The zero-order valence-electron chi connectivity index (χ0n) is 8.35. The molecule has 0 N–H and O–H groups in total. The summed E-state index contributed by atoms with van der Waals surface area (Å²) in [7, 11) is 0. The van der Waals surface area contributed by atoms with E-state index in [2.05, 4.69) is 0 Å². The molecule has 0 aromatic heterocycles. The second kappa shape index (κ2) is 4.38. The molecule has 94 valence electrons. The number of rotatable bonds is 1. The highest BCUT2D eigenvalue weighted by atomic mass is 32.2. The van der Waals surface area contributed by atoms with E-state index in [9.17, 15) is 26.7 Å². The van der Waals surface area contributed by atoms with Gasteiger partial charge in [0.25, 0.3) is 0 Å². The molecular weight excluding hydrogens is 253 g/mol. The first-order valence-electron chi connectivity index (χ1n) is 4.52. The summed E-state index contributed by atoms with van der Waals surface area (Å²) in [5.74, 6) is -7.05. The lowest BCUT2D eigenvalue weighted by atomic mass is 10.2. The molecule has 1 atom stereocenters. The predicted molar refractivity (Wildman–Crippen MR) is 49.5 cm³/mol. The standard InChI is InChI=1S/C8H10F5NOS/c1-5-4-14(2-3-16-5)6(15)7(9,10)8(11,12)13/h5H,2-4H2,1H3. The van der Waals surface area contributed by atoms with Crippen LogP contribution >= 0.6 is 11.8 Å². The number of carbonyl (C=O) groups is 1. The van der Waals surface area contributed by atoms with Crippen molar-refractivity contribution in [3.8, 4) is 0 Å². The summed E-state index contributed by atoms with van der Waals surface area (Å²) in [6, 6.07) is 0. The van der Waals surface area contributed by atoms with Crippen molar-refractivity contribution in [3.05, 3.63) is 0 Å². The molecule has 1 aliphatic rings. The minimum Gasteiger partial charge on any atom is -0.335 e. The van der Waals surface area contributed by atoms with E-state index in [1.807, 2.05) is 0 Å². The third kappa shape index (κ3) is 2.58. The van der Waals surface area contributed by atoms with Crippen LogP contribution in [-0.4, -0.2) is 47.0 Å². The van der Waals surface area contributed by atoms with Crippen molar-refractivity contribution in [1.29, 1.82) is 0 Å². The van der Waals surface area contributed by atoms with Gasteiger partial charge in [-0.1, -0.05) is 6.92 Å². The summed E-state index contributed by atoms with van der Waals surface area (Å²) in [4.78, 5) is 11.6. The number of nitrogens with zero attached hydrogens (tertiary/aromatic N) is 1. The maximum atomic E-state index is 12.7. The van der Waals surface area contributed by atoms with E-state index >= 15 is 0 Å². The summed E-state index contributed by atoms with van der Waals surface area (Å²) < 4.78 is 61.2. The number of carbonyl (C=O) groups excluding carboxylic acids is 1. The fourth-order valence-electron chi connectivity index (χ4n) is 1.32. The Hall–Kier alpha value is -0.530. The largest absolute Gasteiger partial charge is 0.463 e. The zero-order valence-corrected chi connectivity index (χ0v) is 9.17. The highest BCUT2D eigenvalue weighted by Gasteiger charge is 2.64. The van der Waals surface area contributed by atoms with Crippen LogP contribution in [0, 0.1) is 0 Å². The SMILES string of the molecule is CC1CN(C(=O)C(F)(F)C(F)(F)F)CCS1. The van der Waals surface area contributed by atoms with Crippen LogP contribution in [0.3, 0.4) is 0 Å². The Morgan fingerprint density at radius 1 is 1.31 bits per heavy atom. The molecule has 0 bridgehead atoms. The Kier molecular flexibility index (Phi) is 3.71. The fourth-order valence-corrected chi connectivity index (χ4v) is 2.34. The van der Waals surface area contributed by atoms with Gasteiger partial charge < -0.3 is 4.90 Å². The van der Waals surface area contributed by atoms with Gasteiger partial charge in [-0.05, 0) is 0 Å². The van der Waals surface area contributed by atoms with Gasteiger partial charge in [0.05, 0.1) is 0 Å². The van der Waals surface area contributed by atoms with Crippen LogP contribution in [0.2, 0.25) is 0 Å². The maximum absolute atomic E-state index is 12.7. The van der Waals surface area contributed by atoms with Gasteiger partial charge in [0.2, 0.25) is 0 Å². The molecule has 1 fully saturated rings. The number of amides is 1. The van der Waals surface area contributed by atoms with Gasteiger partial charge in [-0.25, -0.2) is 0 Å². The van der Waals surface area contributed by atoms with Crippen molar-refractivity contribution in [1.82, 2.24) is 4.90 Å². The van der Waals surface area contributed by atoms with E-state index in [1.54, 1.807) is 6.92 Å². The Balaban J connectivity index is 2.77. The Morgan fingerprint density at radius 3 is 2.31 bits per heavy atom. The van der Waals surface area contributed by atoms with Crippen LogP contribution in [0.1, 0.15) is 6.92 Å². The minimum absolute atomic E-state index is 0.0699. The second-order valence-corrected chi connectivity index (χ2v) is 5.05. The molecule has 1 amide bonds.